The summed E-state index contributed by atoms with van der Waals surface area (Å²) in [7, 11) is -3.92. The molecular formula is C21H19FN2O6S2. The Hall–Kier alpha value is -3.02. The molecule has 0 aliphatic carbocycles. The van der Waals surface area contributed by atoms with Crippen molar-refractivity contribution in [2.75, 3.05) is 19.7 Å². The lowest BCUT2D eigenvalue weighted by Gasteiger charge is -2.13. The second-order valence-corrected chi connectivity index (χ2v) is 9.29. The van der Waals surface area contributed by atoms with Crippen molar-refractivity contribution in [1.82, 2.24) is 9.62 Å². The van der Waals surface area contributed by atoms with Crippen molar-refractivity contribution >= 4 is 45.0 Å². The molecule has 1 aliphatic heterocycles. The van der Waals surface area contributed by atoms with Crippen LogP contribution in [0.15, 0.2) is 58.3 Å². The lowest BCUT2D eigenvalue weighted by atomic mass is 10.2. The molecule has 0 atom stereocenters. The third-order valence-electron chi connectivity index (χ3n) is 4.34. The molecule has 1 N–H and O–H groups in total. The van der Waals surface area contributed by atoms with E-state index in [2.05, 4.69) is 4.72 Å². The summed E-state index contributed by atoms with van der Waals surface area (Å²) in [4.78, 5) is 37.3. The van der Waals surface area contributed by atoms with Crippen molar-refractivity contribution in [2.24, 2.45) is 0 Å². The monoisotopic (exact) mass is 478 g/mol. The number of hydrogen-bond acceptors (Lipinski definition) is 7. The highest BCUT2D eigenvalue weighted by molar-refractivity contribution is 8.18. The van der Waals surface area contributed by atoms with E-state index in [0.29, 0.717) is 5.56 Å². The van der Waals surface area contributed by atoms with Crippen molar-refractivity contribution in [3.63, 3.8) is 0 Å². The Labute approximate surface area is 188 Å². The number of esters is 1. The minimum absolute atomic E-state index is 0.0732. The van der Waals surface area contributed by atoms with Gasteiger partial charge in [0.05, 0.1) is 22.0 Å². The van der Waals surface area contributed by atoms with Gasteiger partial charge in [0.25, 0.3) is 11.1 Å². The van der Waals surface area contributed by atoms with E-state index < -0.39 is 33.0 Å². The predicted molar refractivity (Wildman–Crippen MR) is 117 cm³/mol. The summed E-state index contributed by atoms with van der Waals surface area (Å²) in [6, 6.07) is 10.6. The Kier molecular flexibility index (Phi) is 7.44. The summed E-state index contributed by atoms with van der Waals surface area (Å²) in [5, 5.41) is -0.527. The lowest BCUT2D eigenvalue weighted by molar-refractivity contribution is -0.122. The molecule has 2 amide bonds. The second-order valence-electron chi connectivity index (χ2n) is 6.53. The van der Waals surface area contributed by atoms with Crippen LogP contribution in [0.3, 0.4) is 0 Å². The van der Waals surface area contributed by atoms with Crippen LogP contribution in [0.2, 0.25) is 0 Å². The van der Waals surface area contributed by atoms with Crippen molar-refractivity contribution in [2.45, 2.75) is 11.8 Å². The third kappa shape index (κ3) is 5.61. The van der Waals surface area contributed by atoms with Crippen LogP contribution < -0.4 is 4.72 Å². The first kappa shape index (κ1) is 23.6. The smallest absolute Gasteiger partial charge is 0.338 e. The molecule has 0 saturated carbocycles. The number of carbonyl (C=O) groups excluding carboxylic acids is 3. The van der Waals surface area contributed by atoms with Gasteiger partial charge in [-0.05, 0) is 66.7 Å². The van der Waals surface area contributed by atoms with E-state index in [9.17, 15) is 27.2 Å². The van der Waals surface area contributed by atoms with Gasteiger partial charge in [0.2, 0.25) is 10.0 Å². The van der Waals surface area contributed by atoms with E-state index >= 15 is 0 Å². The first-order chi connectivity index (χ1) is 15.2. The summed E-state index contributed by atoms with van der Waals surface area (Å²) in [5.74, 6) is -1.53. The first-order valence-corrected chi connectivity index (χ1v) is 11.8. The minimum atomic E-state index is -3.92. The van der Waals surface area contributed by atoms with Gasteiger partial charge in [-0.25, -0.2) is 22.3 Å². The number of nitrogens with zero attached hydrogens (tertiary/aromatic N) is 1. The number of benzene rings is 2. The van der Waals surface area contributed by atoms with Gasteiger partial charge in [-0.3, -0.25) is 14.5 Å². The minimum Gasteiger partial charge on any atom is -0.462 e. The molecule has 0 spiro atoms. The van der Waals surface area contributed by atoms with Gasteiger partial charge in [-0.1, -0.05) is 12.1 Å². The van der Waals surface area contributed by atoms with Crippen molar-refractivity contribution in [3.05, 3.63) is 70.4 Å². The molecule has 0 radical (unpaired) electrons. The van der Waals surface area contributed by atoms with Crippen LogP contribution in [0.4, 0.5) is 9.18 Å². The highest BCUT2D eigenvalue weighted by Gasteiger charge is 2.34. The Balaban J connectivity index is 1.60. The Bertz CT molecular complexity index is 1160. The number of nitrogens with one attached hydrogen (secondary N) is 1. The number of ether oxygens (including phenoxy) is 1. The average molecular weight is 479 g/mol. The average Bonchev–Trinajstić information content (AvgIpc) is 3.03. The fourth-order valence-corrected chi connectivity index (χ4v) is 4.65. The van der Waals surface area contributed by atoms with Crippen LogP contribution in [0.5, 0.6) is 0 Å². The zero-order valence-corrected chi connectivity index (χ0v) is 18.5. The van der Waals surface area contributed by atoms with Crippen molar-refractivity contribution in [3.8, 4) is 0 Å². The quantitative estimate of drug-likeness (QED) is 0.459. The largest absolute Gasteiger partial charge is 0.462 e. The maximum atomic E-state index is 13.0. The Morgan fingerprint density at radius 3 is 2.41 bits per heavy atom. The molecule has 11 heteroatoms. The number of amides is 2. The summed E-state index contributed by atoms with van der Waals surface area (Å²) >= 11 is 0.727. The number of thioether (sulfide) groups is 1. The summed E-state index contributed by atoms with van der Waals surface area (Å²) in [6.07, 6.45) is 1.47. The van der Waals surface area contributed by atoms with Crippen LogP contribution in [0.25, 0.3) is 6.08 Å². The number of halogens is 1. The van der Waals surface area contributed by atoms with Crippen molar-refractivity contribution < 1.29 is 31.9 Å². The molecule has 0 aromatic heterocycles. The molecule has 2 aromatic carbocycles. The molecule has 8 nitrogen and oxygen atoms in total. The van der Waals surface area contributed by atoms with E-state index in [0.717, 1.165) is 16.7 Å². The molecule has 3 rings (SSSR count). The van der Waals surface area contributed by atoms with Crippen LogP contribution >= 0.6 is 11.8 Å². The fourth-order valence-electron chi connectivity index (χ4n) is 2.76. The number of imide groups is 1. The maximum absolute atomic E-state index is 13.0. The number of sulfonamides is 1. The van der Waals surface area contributed by atoms with E-state index in [1.54, 1.807) is 6.92 Å². The lowest BCUT2D eigenvalue weighted by Crippen LogP contribution is -2.37. The molecule has 0 unspecified atom stereocenters. The zero-order valence-electron chi connectivity index (χ0n) is 16.9. The molecular weight excluding hydrogens is 459 g/mol. The van der Waals surface area contributed by atoms with Gasteiger partial charge < -0.3 is 4.74 Å². The molecule has 168 valence electrons. The molecule has 1 saturated heterocycles. The normalized spacial score (nSPS) is 15.4. The predicted octanol–water partition coefficient (Wildman–Crippen LogP) is 3.02. The van der Waals surface area contributed by atoms with E-state index in [1.165, 1.54) is 54.6 Å². The van der Waals surface area contributed by atoms with Gasteiger partial charge in [0, 0.05) is 13.1 Å². The SMILES string of the molecule is CCOC(=O)c1ccc(S(=O)(=O)NCCN2C(=O)S/C(=C/c3ccc(F)cc3)C2=O)cc1. The first-order valence-electron chi connectivity index (χ1n) is 9.49. The molecule has 1 aliphatic rings. The van der Waals surface area contributed by atoms with Crippen LogP contribution in [0, 0.1) is 5.82 Å². The number of rotatable bonds is 8. The Morgan fingerprint density at radius 1 is 1.12 bits per heavy atom. The Morgan fingerprint density at radius 2 is 1.78 bits per heavy atom. The fraction of sp³-hybridized carbons (Fsp3) is 0.190. The second kappa shape index (κ2) is 10.1. The third-order valence-corrected chi connectivity index (χ3v) is 6.73. The number of carbonyl (C=O) groups is 3. The molecule has 0 bridgehead atoms. The summed E-state index contributed by atoms with van der Waals surface area (Å²) < 4.78 is 45.1. The van der Waals surface area contributed by atoms with Gasteiger partial charge >= 0.3 is 5.97 Å². The van der Waals surface area contributed by atoms with Gasteiger partial charge in [0.15, 0.2) is 0 Å². The molecule has 1 heterocycles. The summed E-state index contributed by atoms with van der Waals surface area (Å²) in [6.45, 7) is 1.51. The molecule has 2 aromatic rings. The molecule has 1 fully saturated rings. The van der Waals surface area contributed by atoms with E-state index in [1.807, 2.05) is 0 Å². The summed E-state index contributed by atoms with van der Waals surface area (Å²) in [5.41, 5.74) is 0.778. The zero-order chi connectivity index (χ0) is 23.3. The number of hydrogen-bond donors (Lipinski definition) is 1. The van der Waals surface area contributed by atoms with E-state index in [-0.39, 0.29) is 35.1 Å². The van der Waals surface area contributed by atoms with Gasteiger partial charge in [0.1, 0.15) is 5.82 Å². The van der Waals surface area contributed by atoms with Crippen LogP contribution in [0.1, 0.15) is 22.8 Å². The van der Waals surface area contributed by atoms with Crippen molar-refractivity contribution in [1.29, 1.82) is 0 Å². The topological polar surface area (TPSA) is 110 Å². The van der Waals surface area contributed by atoms with E-state index in [4.69, 9.17) is 4.74 Å². The van der Waals surface area contributed by atoms with Crippen LogP contribution in [-0.4, -0.2) is 50.1 Å². The highest BCUT2D eigenvalue weighted by Crippen LogP contribution is 2.31. The van der Waals surface area contributed by atoms with Gasteiger partial charge in [-0.15, -0.1) is 0 Å². The standard InChI is InChI=1S/C21H19FN2O6S2/c1-2-30-20(26)15-5-9-17(10-6-15)32(28,29)23-11-12-24-19(25)18(31-21(24)27)13-14-3-7-16(22)8-4-14/h3-10,13,23H,2,11-12H2,1H3/b18-13+. The maximum Gasteiger partial charge on any atom is 0.338 e. The molecule has 32 heavy (non-hydrogen) atoms. The van der Waals surface area contributed by atoms with Crippen LogP contribution in [-0.2, 0) is 19.6 Å². The van der Waals surface area contributed by atoms with Gasteiger partial charge in [-0.2, -0.15) is 0 Å². The highest BCUT2D eigenvalue weighted by atomic mass is 32.2.